The Balaban J connectivity index is 1.89. The predicted molar refractivity (Wildman–Crippen MR) is 110 cm³/mol. The molecule has 0 radical (unpaired) electrons. The first-order chi connectivity index (χ1) is 13.4. The van der Waals surface area contributed by atoms with Crippen molar-refractivity contribution < 1.29 is 23.1 Å². The van der Waals surface area contributed by atoms with E-state index in [2.05, 4.69) is 10.0 Å². The Bertz CT molecular complexity index is 825. The monoisotopic (exact) mass is 426 g/mol. The van der Waals surface area contributed by atoms with Gasteiger partial charge in [0.15, 0.2) is 0 Å². The van der Waals surface area contributed by atoms with Gasteiger partial charge in [0.2, 0.25) is 15.9 Å². The number of nitrogens with two attached hydrogens (primary N) is 1. The molecule has 1 heterocycles. The zero-order valence-corrected chi connectivity index (χ0v) is 17.8. The van der Waals surface area contributed by atoms with Gasteiger partial charge in [-0.15, -0.1) is 0 Å². The molecule has 2 amide bonds. The number of likely N-dealkylation sites (tertiary alicyclic amines) is 1. The fraction of sp³-hybridized carbons (Fsp3) is 0.579. The normalized spacial score (nSPS) is 17.0. The van der Waals surface area contributed by atoms with Crippen LogP contribution >= 0.6 is 0 Å². The average molecular weight is 427 g/mol. The molecular formula is C19H30N4O5S. The van der Waals surface area contributed by atoms with E-state index in [0.29, 0.717) is 38.0 Å². The van der Waals surface area contributed by atoms with Crippen molar-refractivity contribution >= 4 is 27.7 Å². The van der Waals surface area contributed by atoms with E-state index in [0.717, 1.165) is 0 Å². The minimum atomic E-state index is -3.64. The topological polar surface area (TPSA) is 142 Å². The summed E-state index contributed by atoms with van der Waals surface area (Å²) >= 11 is 0. The summed E-state index contributed by atoms with van der Waals surface area (Å²) in [5.74, 6) is -0.156. The molecule has 1 aliphatic heterocycles. The first kappa shape index (κ1) is 23.1. The molecular weight excluding hydrogens is 396 g/mol. The molecule has 10 heteroatoms. The highest BCUT2D eigenvalue weighted by Crippen LogP contribution is 2.22. The van der Waals surface area contributed by atoms with E-state index in [9.17, 15) is 18.0 Å². The van der Waals surface area contributed by atoms with Gasteiger partial charge in [-0.2, -0.15) is 0 Å². The van der Waals surface area contributed by atoms with Crippen molar-refractivity contribution in [2.75, 3.05) is 18.4 Å². The Labute approximate surface area is 171 Å². The zero-order valence-electron chi connectivity index (χ0n) is 17.0. The largest absolute Gasteiger partial charge is 0.465 e. The van der Waals surface area contributed by atoms with Crippen LogP contribution < -0.4 is 15.8 Å². The molecule has 0 saturated carbocycles. The maximum atomic E-state index is 12.4. The summed E-state index contributed by atoms with van der Waals surface area (Å²) < 4.78 is 27.2. The van der Waals surface area contributed by atoms with E-state index in [4.69, 9.17) is 10.8 Å². The third kappa shape index (κ3) is 6.98. The zero-order chi connectivity index (χ0) is 21.8. The van der Waals surface area contributed by atoms with Crippen LogP contribution in [0.4, 0.5) is 10.5 Å². The number of piperidine rings is 1. The van der Waals surface area contributed by atoms with Gasteiger partial charge >= 0.3 is 6.09 Å². The van der Waals surface area contributed by atoms with Gasteiger partial charge in [-0.1, -0.05) is 0 Å². The molecule has 0 aromatic heterocycles. The molecule has 0 spiro atoms. The van der Waals surface area contributed by atoms with E-state index in [1.807, 2.05) is 0 Å². The number of hydrogen-bond acceptors (Lipinski definition) is 5. The Morgan fingerprint density at radius 3 is 2.24 bits per heavy atom. The average Bonchev–Trinajstić information content (AvgIpc) is 2.60. The molecule has 1 aliphatic rings. The maximum Gasteiger partial charge on any atom is 0.407 e. The van der Waals surface area contributed by atoms with Crippen LogP contribution in [-0.4, -0.2) is 55.1 Å². The number of benzene rings is 1. The molecule has 1 aromatic carbocycles. The molecule has 0 bridgehead atoms. The lowest BCUT2D eigenvalue weighted by molar-refractivity contribution is -0.117. The van der Waals surface area contributed by atoms with Gasteiger partial charge in [0.25, 0.3) is 0 Å². The first-order valence-electron chi connectivity index (χ1n) is 9.56. The predicted octanol–water partition coefficient (Wildman–Crippen LogP) is 1.81. The summed E-state index contributed by atoms with van der Waals surface area (Å²) in [6.07, 6.45) is 0.913. The van der Waals surface area contributed by atoms with E-state index >= 15 is 0 Å². The van der Waals surface area contributed by atoms with Crippen LogP contribution in [0.3, 0.4) is 0 Å². The number of carbonyl (C=O) groups is 2. The second-order valence-corrected chi connectivity index (χ2v) is 10.1. The van der Waals surface area contributed by atoms with Crippen LogP contribution in [0.5, 0.6) is 0 Å². The summed E-state index contributed by atoms with van der Waals surface area (Å²) in [7, 11) is -3.64. The van der Waals surface area contributed by atoms with Crippen LogP contribution in [0.15, 0.2) is 29.2 Å². The second kappa shape index (κ2) is 9.10. The van der Waals surface area contributed by atoms with Crippen molar-refractivity contribution in [2.24, 2.45) is 11.7 Å². The lowest BCUT2D eigenvalue weighted by atomic mass is 9.90. The van der Waals surface area contributed by atoms with Gasteiger partial charge in [0.05, 0.1) is 10.9 Å². The van der Waals surface area contributed by atoms with Crippen molar-refractivity contribution in [3.05, 3.63) is 24.3 Å². The Hall–Kier alpha value is -2.17. The molecule has 1 atom stereocenters. The van der Waals surface area contributed by atoms with Crippen molar-refractivity contribution in [1.82, 2.24) is 9.62 Å². The maximum absolute atomic E-state index is 12.4. The Kier molecular flexibility index (Phi) is 7.25. The van der Waals surface area contributed by atoms with Crippen LogP contribution in [0.2, 0.25) is 0 Å². The molecule has 2 rings (SSSR count). The van der Waals surface area contributed by atoms with E-state index in [1.54, 1.807) is 20.8 Å². The SMILES string of the molecule is CC(C)(C)NS(=O)(=O)c1ccc(NC(=O)[C@@H](N)CC2CCN(C(=O)O)CC2)cc1. The Morgan fingerprint density at radius 2 is 1.76 bits per heavy atom. The highest BCUT2D eigenvalue weighted by Gasteiger charge is 2.26. The lowest BCUT2D eigenvalue weighted by Gasteiger charge is -2.31. The van der Waals surface area contributed by atoms with Crippen molar-refractivity contribution in [2.45, 2.75) is 56.5 Å². The third-order valence-corrected chi connectivity index (χ3v) is 6.46. The number of carbonyl (C=O) groups excluding carboxylic acids is 1. The lowest BCUT2D eigenvalue weighted by Crippen LogP contribution is -2.42. The molecule has 5 N–H and O–H groups in total. The number of hydrogen-bond donors (Lipinski definition) is 4. The Morgan fingerprint density at radius 1 is 1.21 bits per heavy atom. The number of carboxylic acid groups (broad SMARTS) is 1. The van der Waals surface area contributed by atoms with Crippen LogP contribution in [0.25, 0.3) is 0 Å². The van der Waals surface area contributed by atoms with Crippen molar-refractivity contribution in [3.63, 3.8) is 0 Å². The van der Waals surface area contributed by atoms with Gasteiger partial charge < -0.3 is 21.1 Å². The third-order valence-electron chi connectivity index (χ3n) is 4.68. The molecule has 162 valence electrons. The highest BCUT2D eigenvalue weighted by atomic mass is 32.2. The fourth-order valence-corrected chi connectivity index (χ4v) is 4.66. The number of sulfonamides is 1. The van der Waals surface area contributed by atoms with Crippen molar-refractivity contribution in [3.8, 4) is 0 Å². The number of anilines is 1. The molecule has 0 unspecified atom stereocenters. The number of amides is 2. The minimum Gasteiger partial charge on any atom is -0.465 e. The number of nitrogens with one attached hydrogen (secondary N) is 2. The minimum absolute atomic E-state index is 0.111. The van der Waals surface area contributed by atoms with Crippen molar-refractivity contribution in [1.29, 1.82) is 0 Å². The number of nitrogens with zero attached hydrogens (tertiary/aromatic N) is 1. The summed E-state index contributed by atoms with van der Waals surface area (Å²) in [6.45, 7) is 6.17. The number of rotatable bonds is 6. The molecule has 1 saturated heterocycles. The first-order valence-corrected chi connectivity index (χ1v) is 11.0. The van der Waals surface area contributed by atoms with Gasteiger partial charge in [0.1, 0.15) is 0 Å². The quantitative estimate of drug-likeness (QED) is 0.546. The van der Waals surface area contributed by atoms with E-state index < -0.39 is 27.7 Å². The molecule has 1 aromatic rings. The molecule has 9 nitrogen and oxygen atoms in total. The fourth-order valence-electron chi connectivity index (χ4n) is 3.24. The molecule has 1 fully saturated rings. The highest BCUT2D eigenvalue weighted by molar-refractivity contribution is 7.89. The molecule has 29 heavy (non-hydrogen) atoms. The van der Waals surface area contributed by atoms with Crippen LogP contribution in [0.1, 0.15) is 40.0 Å². The van der Waals surface area contributed by atoms with Gasteiger partial charge in [0, 0.05) is 24.3 Å². The van der Waals surface area contributed by atoms with E-state index in [-0.39, 0.29) is 16.7 Å². The summed E-state index contributed by atoms with van der Waals surface area (Å²) in [6, 6.07) is 5.18. The van der Waals surface area contributed by atoms with Gasteiger partial charge in [-0.25, -0.2) is 17.9 Å². The smallest absolute Gasteiger partial charge is 0.407 e. The van der Waals surface area contributed by atoms with Gasteiger partial charge in [-0.05, 0) is 70.2 Å². The summed E-state index contributed by atoms with van der Waals surface area (Å²) in [5, 5.41) is 11.7. The van der Waals surface area contributed by atoms with Crippen LogP contribution in [0, 0.1) is 5.92 Å². The standard InChI is InChI=1S/C19H30N4O5S/c1-19(2,3)22-29(27,28)15-6-4-14(5-7-15)21-17(24)16(20)12-13-8-10-23(11-9-13)18(25)26/h4-7,13,16,22H,8-12,20H2,1-3H3,(H,21,24)(H,25,26)/t16-/m0/s1. The summed E-state index contributed by atoms with van der Waals surface area (Å²) in [4.78, 5) is 24.8. The van der Waals surface area contributed by atoms with Crippen LogP contribution in [-0.2, 0) is 14.8 Å². The second-order valence-electron chi connectivity index (χ2n) is 8.42. The molecule has 0 aliphatic carbocycles. The summed E-state index contributed by atoms with van der Waals surface area (Å²) in [5.41, 5.74) is 5.87. The van der Waals surface area contributed by atoms with E-state index in [1.165, 1.54) is 29.2 Å². The van der Waals surface area contributed by atoms with Gasteiger partial charge in [-0.3, -0.25) is 4.79 Å².